The molecule has 32 heavy (non-hydrogen) atoms. The smallest absolute Gasteiger partial charge is 0.115 e. The molecule has 5 N–H and O–H groups in total. The normalized spacial score (nSPS) is 25.2. The SMILES string of the molecule is CC#CCOCc1cc(Cl)c(Cc2ccc(O)cc2)cc1[C@@H]1O[C@H](CO)[C@@H](O)[C@H](O)[C@H]1O. The van der Waals surface area contributed by atoms with Crippen molar-refractivity contribution >= 4 is 11.6 Å². The van der Waals surface area contributed by atoms with Gasteiger partial charge in [0.1, 0.15) is 42.9 Å². The van der Waals surface area contributed by atoms with Gasteiger partial charge >= 0.3 is 0 Å². The van der Waals surface area contributed by atoms with E-state index in [1.807, 2.05) is 0 Å². The second-order valence-electron chi connectivity index (χ2n) is 7.65. The summed E-state index contributed by atoms with van der Waals surface area (Å²) in [5.74, 6) is 5.71. The van der Waals surface area contributed by atoms with E-state index in [1.165, 1.54) is 0 Å². The Hall–Kier alpha value is -2.15. The molecular formula is C24H27ClO7. The maximum Gasteiger partial charge on any atom is 0.115 e. The first-order valence-electron chi connectivity index (χ1n) is 10.2. The van der Waals surface area contributed by atoms with Crippen LogP contribution in [0.15, 0.2) is 36.4 Å². The number of aromatic hydroxyl groups is 1. The molecule has 0 amide bonds. The molecule has 5 atom stereocenters. The van der Waals surface area contributed by atoms with Crippen molar-refractivity contribution in [3.05, 3.63) is 63.7 Å². The quantitative estimate of drug-likeness (QED) is 0.314. The summed E-state index contributed by atoms with van der Waals surface area (Å²) in [6.07, 6.45) is -5.97. The summed E-state index contributed by atoms with van der Waals surface area (Å²) < 4.78 is 11.4. The second-order valence-corrected chi connectivity index (χ2v) is 8.06. The number of benzene rings is 2. The highest BCUT2D eigenvalue weighted by Gasteiger charge is 2.44. The molecule has 1 aliphatic rings. The third-order valence-corrected chi connectivity index (χ3v) is 5.80. The zero-order valence-electron chi connectivity index (χ0n) is 17.6. The maximum atomic E-state index is 10.6. The lowest BCUT2D eigenvalue weighted by Gasteiger charge is -2.41. The highest BCUT2D eigenvalue weighted by molar-refractivity contribution is 6.31. The minimum atomic E-state index is -1.50. The van der Waals surface area contributed by atoms with E-state index in [0.29, 0.717) is 22.6 Å². The van der Waals surface area contributed by atoms with Gasteiger partial charge in [-0.2, -0.15) is 0 Å². The third-order valence-electron chi connectivity index (χ3n) is 5.45. The molecule has 0 unspecified atom stereocenters. The van der Waals surface area contributed by atoms with Gasteiger partial charge in [-0.3, -0.25) is 0 Å². The first-order chi connectivity index (χ1) is 15.3. The van der Waals surface area contributed by atoms with Crippen molar-refractivity contribution in [1.29, 1.82) is 0 Å². The lowest BCUT2D eigenvalue weighted by molar-refractivity contribution is -0.232. The molecule has 0 aromatic heterocycles. The molecule has 8 heteroatoms. The van der Waals surface area contributed by atoms with E-state index in [9.17, 15) is 25.5 Å². The standard InChI is InChI=1S/C24H27ClO7/c1-2-3-8-31-13-16-11-19(25)15(9-14-4-6-17(27)7-5-14)10-18(16)24-23(30)22(29)21(28)20(12-26)32-24/h4-7,10-11,20-24,26-30H,8-9,12-13H2,1H3/t20-,21-,22+,23-,24+/m1/s1. The van der Waals surface area contributed by atoms with Crippen LogP contribution in [0.1, 0.15) is 35.3 Å². The minimum absolute atomic E-state index is 0.137. The summed E-state index contributed by atoms with van der Waals surface area (Å²) in [7, 11) is 0. The fraction of sp³-hybridized carbons (Fsp3) is 0.417. The van der Waals surface area contributed by atoms with Crippen molar-refractivity contribution in [1.82, 2.24) is 0 Å². The number of aliphatic hydroxyl groups is 4. The molecule has 2 aromatic carbocycles. The number of ether oxygens (including phenoxy) is 2. The van der Waals surface area contributed by atoms with Crippen molar-refractivity contribution in [3.63, 3.8) is 0 Å². The van der Waals surface area contributed by atoms with Crippen LogP contribution in [0.2, 0.25) is 5.02 Å². The van der Waals surface area contributed by atoms with E-state index < -0.39 is 37.1 Å². The molecule has 1 aliphatic heterocycles. The summed E-state index contributed by atoms with van der Waals surface area (Å²) in [6, 6.07) is 10.2. The van der Waals surface area contributed by atoms with E-state index in [4.69, 9.17) is 21.1 Å². The first kappa shape index (κ1) is 24.5. The lowest BCUT2D eigenvalue weighted by Crippen LogP contribution is -2.55. The fourth-order valence-corrected chi connectivity index (χ4v) is 3.93. The number of hydrogen-bond acceptors (Lipinski definition) is 7. The monoisotopic (exact) mass is 462 g/mol. The fourth-order valence-electron chi connectivity index (χ4n) is 3.68. The average molecular weight is 463 g/mol. The Kier molecular flexibility index (Phi) is 8.51. The Morgan fingerprint density at radius 2 is 1.75 bits per heavy atom. The molecule has 0 bridgehead atoms. The summed E-state index contributed by atoms with van der Waals surface area (Å²) in [6.45, 7) is 1.53. The van der Waals surface area contributed by atoms with E-state index in [2.05, 4.69) is 11.8 Å². The molecule has 7 nitrogen and oxygen atoms in total. The predicted molar refractivity (Wildman–Crippen MR) is 118 cm³/mol. The van der Waals surface area contributed by atoms with Crippen molar-refractivity contribution in [2.24, 2.45) is 0 Å². The molecule has 2 aromatic rings. The number of hydrogen-bond donors (Lipinski definition) is 5. The number of halogens is 1. The van der Waals surface area contributed by atoms with Gasteiger partial charge in [-0.15, -0.1) is 5.92 Å². The highest BCUT2D eigenvalue weighted by atomic mass is 35.5. The van der Waals surface area contributed by atoms with Crippen LogP contribution < -0.4 is 0 Å². The maximum absolute atomic E-state index is 10.6. The number of phenols is 1. The van der Waals surface area contributed by atoms with E-state index in [0.717, 1.165) is 11.1 Å². The molecular weight excluding hydrogens is 436 g/mol. The molecule has 1 heterocycles. The molecule has 1 fully saturated rings. The van der Waals surface area contributed by atoms with Crippen LogP contribution in [-0.4, -0.2) is 63.2 Å². The van der Waals surface area contributed by atoms with Gasteiger partial charge in [0, 0.05) is 5.02 Å². The lowest BCUT2D eigenvalue weighted by atomic mass is 9.87. The first-order valence-corrected chi connectivity index (χ1v) is 10.6. The Morgan fingerprint density at radius 3 is 2.41 bits per heavy atom. The average Bonchev–Trinajstić information content (AvgIpc) is 2.78. The molecule has 0 spiro atoms. The van der Waals surface area contributed by atoms with Gasteiger partial charge in [-0.05, 0) is 53.8 Å². The van der Waals surface area contributed by atoms with Crippen LogP contribution >= 0.6 is 11.6 Å². The van der Waals surface area contributed by atoms with E-state index in [-0.39, 0.29) is 19.0 Å². The summed E-state index contributed by atoms with van der Waals surface area (Å²) in [5, 5.41) is 50.6. The van der Waals surface area contributed by atoms with Gasteiger partial charge in [-0.25, -0.2) is 0 Å². The number of rotatable bonds is 7. The number of phenolic OH excluding ortho intramolecular Hbond substituents is 1. The largest absolute Gasteiger partial charge is 0.508 e. The van der Waals surface area contributed by atoms with Crippen molar-refractivity contribution < 1.29 is 35.0 Å². The Labute approximate surface area is 191 Å². The van der Waals surface area contributed by atoms with Gasteiger partial charge in [-0.1, -0.05) is 35.7 Å². The van der Waals surface area contributed by atoms with Crippen LogP contribution in [-0.2, 0) is 22.5 Å². The molecule has 172 valence electrons. The van der Waals surface area contributed by atoms with Crippen molar-refractivity contribution in [2.45, 2.75) is 50.5 Å². The predicted octanol–water partition coefficient (Wildman–Crippen LogP) is 1.69. The van der Waals surface area contributed by atoms with Crippen LogP contribution in [0, 0.1) is 11.8 Å². The zero-order valence-corrected chi connectivity index (χ0v) is 18.4. The Bertz CT molecular complexity index is 965. The summed E-state index contributed by atoms with van der Waals surface area (Å²) in [4.78, 5) is 0. The van der Waals surface area contributed by atoms with Crippen LogP contribution in [0.3, 0.4) is 0 Å². The van der Waals surface area contributed by atoms with Gasteiger partial charge in [0.15, 0.2) is 0 Å². The molecule has 1 saturated heterocycles. The topological polar surface area (TPSA) is 120 Å². The molecule has 0 radical (unpaired) electrons. The van der Waals surface area contributed by atoms with Gasteiger partial charge < -0.3 is 35.0 Å². The Morgan fingerprint density at radius 1 is 1.03 bits per heavy atom. The summed E-state index contributed by atoms with van der Waals surface area (Å²) in [5.41, 5.74) is 2.81. The second kappa shape index (κ2) is 11.1. The Balaban J connectivity index is 1.98. The number of aliphatic hydroxyl groups excluding tert-OH is 4. The van der Waals surface area contributed by atoms with Gasteiger partial charge in [0.2, 0.25) is 0 Å². The van der Waals surface area contributed by atoms with E-state index >= 15 is 0 Å². The van der Waals surface area contributed by atoms with Crippen LogP contribution in [0.4, 0.5) is 0 Å². The highest BCUT2D eigenvalue weighted by Crippen LogP contribution is 2.37. The third kappa shape index (κ3) is 5.61. The van der Waals surface area contributed by atoms with Crippen molar-refractivity contribution in [2.75, 3.05) is 13.2 Å². The van der Waals surface area contributed by atoms with Gasteiger partial charge in [0.05, 0.1) is 13.2 Å². The summed E-state index contributed by atoms with van der Waals surface area (Å²) >= 11 is 6.54. The van der Waals surface area contributed by atoms with Crippen molar-refractivity contribution in [3.8, 4) is 17.6 Å². The molecule has 0 aliphatic carbocycles. The van der Waals surface area contributed by atoms with Crippen LogP contribution in [0.25, 0.3) is 0 Å². The van der Waals surface area contributed by atoms with Gasteiger partial charge in [0.25, 0.3) is 0 Å². The molecule has 3 rings (SSSR count). The zero-order chi connectivity index (χ0) is 23.3. The molecule has 0 saturated carbocycles. The van der Waals surface area contributed by atoms with E-state index in [1.54, 1.807) is 43.3 Å². The minimum Gasteiger partial charge on any atom is -0.508 e. The van der Waals surface area contributed by atoms with Crippen LogP contribution in [0.5, 0.6) is 5.75 Å².